The predicted molar refractivity (Wildman–Crippen MR) is 80.2 cm³/mol. The van der Waals surface area contributed by atoms with Crippen LogP contribution in [0.25, 0.3) is 0 Å². The number of rotatable bonds is 7. The van der Waals surface area contributed by atoms with Gasteiger partial charge in [-0.15, -0.1) is 11.3 Å². The SMILES string of the molecule is O=S(=O)(NCc1cncs1)c1ccc(CNC2CC2)cn1. The molecule has 1 aliphatic rings. The average molecular weight is 324 g/mol. The van der Waals surface area contributed by atoms with Gasteiger partial charge in [-0.25, -0.2) is 18.1 Å². The molecule has 0 bridgehead atoms. The topological polar surface area (TPSA) is 84.0 Å². The van der Waals surface area contributed by atoms with Crippen molar-refractivity contribution >= 4 is 21.4 Å². The molecule has 0 amide bonds. The Bertz CT molecular complexity index is 679. The molecule has 3 rings (SSSR count). The highest BCUT2D eigenvalue weighted by molar-refractivity contribution is 7.89. The minimum atomic E-state index is -3.57. The van der Waals surface area contributed by atoms with Gasteiger partial charge in [-0.1, -0.05) is 6.07 Å². The van der Waals surface area contributed by atoms with Crippen molar-refractivity contribution in [2.75, 3.05) is 0 Å². The van der Waals surface area contributed by atoms with Gasteiger partial charge < -0.3 is 5.32 Å². The number of hydrogen-bond donors (Lipinski definition) is 2. The van der Waals surface area contributed by atoms with Crippen molar-refractivity contribution in [3.05, 3.63) is 40.5 Å². The molecule has 1 saturated carbocycles. The molecule has 0 saturated heterocycles. The van der Waals surface area contributed by atoms with Crippen LogP contribution in [-0.4, -0.2) is 24.4 Å². The zero-order valence-electron chi connectivity index (χ0n) is 11.3. The van der Waals surface area contributed by atoms with Crippen molar-refractivity contribution in [2.24, 2.45) is 0 Å². The number of thiazole rings is 1. The third-order valence-electron chi connectivity index (χ3n) is 3.17. The fourth-order valence-corrected chi connectivity index (χ4v) is 3.35. The summed E-state index contributed by atoms with van der Waals surface area (Å²) in [5.74, 6) is 0. The summed E-state index contributed by atoms with van der Waals surface area (Å²) in [7, 11) is -3.57. The van der Waals surface area contributed by atoms with E-state index in [2.05, 4.69) is 20.0 Å². The number of pyridine rings is 1. The van der Waals surface area contributed by atoms with E-state index in [1.165, 1.54) is 24.2 Å². The first-order valence-corrected chi connectivity index (χ1v) is 9.05. The van der Waals surface area contributed by atoms with Gasteiger partial charge in [0.15, 0.2) is 5.03 Å². The molecule has 1 fully saturated rings. The maximum atomic E-state index is 12.1. The molecule has 0 aromatic carbocycles. The Morgan fingerprint density at radius 2 is 2.10 bits per heavy atom. The van der Waals surface area contributed by atoms with Crippen molar-refractivity contribution in [2.45, 2.75) is 37.0 Å². The van der Waals surface area contributed by atoms with E-state index >= 15 is 0 Å². The number of aromatic nitrogens is 2. The average Bonchev–Trinajstić information content (AvgIpc) is 3.17. The molecule has 0 radical (unpaired) electrons. The van der Waals surface area contributed by atoms with Crippen molar-refractivity contribution < 1.29 is 8.42 Å². The van der Waals surface area contributed by atoms with E-state index in [-0.39, 0.29) is 11.6 Å². The second-order valence-electron chi connectivity index (χ2n) is 4.95. The zero-order valence-corrected chi connectivity index (χ0v) is 13.0. The molecule has 2 aromatic rings. The van der Waals surface area contributed by atoms with Crippen molar-refractivity contribution in [3.8, 4) is 0 Å². The number of hydrogen-bond acceptors (Lipinski definition) is 6. The van der Waals surface area contributed by atoms with E-state index in [4.69, 9.17) is 0 Å². The first-order chi connectivity index (χ1) is 10.1. The third kappa shape index (κ3) is 4.07. The van der Waals surface area contributed by atoms with Gasteiger partial charge in [0.2, 0.25) is 0 Å². The quantitative estimate of drug-likeness (QED) is 0.801. The normalized spacial score (nSPS) is 15.2. The van der Waals surface area contributed by atoms with E-state index in [0.29, 0.717) is 6.04 Å². The zero-order chi connectivity index (χ0) is 14.7. The Kier molecular flexibility index (Phi) is 4.29. The molecule has 2 aromatic heterocycles. The molecule has 6 nitrogen and oxygen atoms in total. The van der Waals surface area contributed by atoms with Crippen LogP contribution in [0.15, 0.2) is 35.1 Å². The van der Waals surface area contributed by atoms with Crippen molar-refractivity contribution in [1.29, 1.82) is 0 Å². The molecule has 0 aliphatic heterocycles. The van der Waals surface area contributed by atoms with E-state index in [0.717, 1.165) is 17.0 Å². The van der Waals surface area contributed by atoms with Gasteiger partial charge >= 0.3 is 0 Å². The second-order valence-corrected chi connectivity index (χ2v) is 7.64. The monoisotopic (exact) mass is 324 g/mol. The van der Waals surface area contributed by atoms with Gasteiger partial charge in [-0.05, 0) is 24.5 Å². The fraction of sp³-hybridized carbons (Fsp3) is 0.385. The fourth-order valence-electron chi connectivity index (χ4n) is 1.79. The van der Waals surface area contributed by atoms with E-state index in [1.54, 1.807) is 30.0 Å². The Balaban J connectivity index is 1.61. The summed E-state index contributed by atoms with van der Waals surface area (Å²) in [4.78, 5) is 8.82. The predicted octanol–water partition coefficient (Wildman–Crippen LogP) is 1.27. The molecule has 2 heterocycles. The highest BCUT2D eigenvalue weighted by atomic mass is 32.2. The molecule has 2 N–H and O–H groups in total. The summed E-state index contributed by atoms with van der Waals surface area (Å²) in [5.41, 5.74) is 2.66. The molecule has 8 heteroatoms. The number of nitrogens with one attached hydrogen (secondary N) is 2. The Hall–Kier alpha value is -1.35. The third-order valence-corrected chi connectivity index (χ3v) is 5.26. The lowest BCUT2D eigenvalue weighted by Crippen LogP contribution is -2.24. The van der Waals surface area contributed by atoms with Crippen molar-refractivity contribution in [1.82, 2.24) is 20.0 Å². The van der Waals surface area contributed by atoms with E-state index in [1.807, 2.05) is 0 Å². The Labute approximate surface area is 127 Å². The molecule has 1 aliphatic carbocycles. The lowest BCUT2D eigenvalue weighted by molar-refractivity contribution is 0.577. The van der Waals surface area contributed by atoms with Gasteiger partial charge in [0.25, 0.3) is 10.0 Å². The van der Waals surface area contributed by atoms with Crippen LogP contribution in [0, 0.1) is 0 Å². The lowest BCUT2D eigenvalue weighted by atomic mass is 10.3. The summed E-state index contributed by atoms with van der Waals surface area (Å²) in [5, 5.41) is 3.41. The van der Waals surface area contributed by atoms with Gasteiger partial charge in [-0.2, -0.15) is 0 Å². The highest BCUT2D eigenvalue weighted by Crippen LogP contribution is 2.19. The summed E-state index contributed by atoms with van der Waals surface area (Å²) in [6, 6.07) is 3.96. The van der Waals surface area contributed by atoms with Gasteiger partial charge in [0, 0.05) is 36.4 Å². The summed E-state index contributed by atoms with van der Waals surface area (Å²) in [6.45, 7) is 0.964. The highest BCUT2D eigenvalue weighted by Gasteiger charge is 2.20. The first kappa shape index (κ1) is 14.6. The van der Waals surface area contributed by atoms with Crippen LogP contribution in [0.4, 0.5) is 0 Å². The lowest BCUT2D eigenvalue weighted by Gasteiger charge is -2.06. The maximum Gasteiger partial charge on any atom is 0.258 e. The largest absolute Gasteiger partial charge is 0.310 e. The van der Waals surface area contributed by atoms with Gasteiger partial charge in [-0.3, -0.25) is 4.98 Å². The molecule has 0 unspecified atom stereocenters. The van der Waals surface area contributed by atoms with Crippen LogP contribution >= 0.6 is 11.3 Å². The van der Waals surface area contributed by atoms with E-state index in [9.17, 15) is 8.42 Å². The Morgan fingerprint density at radius 3 is 2.71 bits per heavy atom. The van der Waals surface area contributed by atoms with Crippen LogP contribution in [0.2, 0.25) is 0 Å². The van der Waals surface area contributed by atoms with Crippen LogP contribution in [-0.2, 0) is 23.1 Å². The van der Waals surface area contributed by atoms with Crippen LogP contribution in [0.1, 0.15) is 23.3 Å². The first-order valence-electron chi connectivity index (χ1n) is 6.69. The molecule has 0 spiro atoms. The van der Waals surface area contributed by atoms with E-state index < -0.39 is 10.0 Å². The minimum Gasteiger partial charge on any atom is -0.310 e. The van der Waals surface area contributed by atoms with Gasteiger partial charge in [0.1, 0.15) is 0 Å². The summed E-state index contributed by atoms with van der Waals surface area (Å²) < 4.78 is 26.7. The van der Waals surface area contributed by atoms with Crippen LogP contribution in [0.3, 0.4) is 0 Å². The Morgan fingerprint density at radius 1 is 1.24 bits per heavy atom. The molecular weight excluding hydrogens is 308 g/mol. The molecule has 0 atom stereocenters. The molecule has 21 heavy (non-hydrogen) atoms. The summed E-state index contributed by atoms with van der Waals surface area (Å²) >= 11 is 1.41. The molecule has 112 valence electrons. The standard InChI is InChI=1S/C13H16N4O2S2/c18-21(19,17-8-12-7-14-9-20-12)13-4-1-10(6-16-13)5-15-11-2-3-11/h1,4,6-7,9,11,15,17H,2-3,5,8H2. The smallest absolute Gasteiger partial charge is 0.258 e. The number of sulfonamides is 1. The summed E-state index contributed by atoms with van der Waals surface area (Å²) in [6.07, 6.45) is 5.70. The number of nitrogens with zero attached hydrogens (tertiary/aromatic N) is 2. The van der Waals surface area contributed by atoms with Crippen LogP contribution in [0.5, 0.6) is 0 Å². The second kappa shape index (κ2) is 6.18. The molecular formula is C13H16N4O2S2. The van der Waals surface area contributed by atoms with Crippen molar-refractivity contribution in [3.63, 3.8) is 0 Å². The minimum absolute atomic E-state index is 0.0437. The maximum absolute atomic E-state index is 12.1. The van der Waals surface area contributed by atoms with Crippen LogP contribution < -0.4 is 10.0 Å². The van der Waals surface area contributed by atoms with Gasteiger partial charge in [0.05, 0.1) is 5.51 Å².